The molecule has 0 heterocycles. The first kappa shape index (κ1) is 24.1. The fourth-order valence-corrected chi connectivity index (χ4v) is 4.21. The predicted molar refractivity (Wildman–Crippen MR) is 126 cm³/mol. The first-order chi connectivity index (χ1) is 15.8. The van der Waals surface area contributed by atoms with Crippen molar-refractivity contribution in [3.05, 3.63) is 88.9 Å². The lowest BCUT2D eigenvalue weighted by molar-refractivity contribution is -0.121. The molecular weight excluding hydrogens is 466 g/mol. The summed E-state index contributed by atoms with van der Waals surface area (Å²) in [6.07, 6.45) is 0.0445. The standard InChI is InChI=1S/C23H22ClN3O5S/c1-2-32-18-12-10-16(11-13-18)14-22(28)25-26-23(29)17-6-5-7-19(15-17)33(30,31)27-21-9-4-3-8-20(21)24/h3-13,15,27H,2,14H2,1H3,(H,25,28)(H,26,29). The molecule has 3 aromatic carbocycles. The Morgan fingerprint density at radius 3 is 2.36 bits per heavy atom. The van der Waals surface area contributed by atoms with E-state index >= 15 is 0 Å². The molecule has 0 unspecified atom stereocenters. The van der Waals surface area contributed by atoms with Crippen molar-refractivity contribution in [3.63, 3.8) is 0 Å². The van der Waals surface area contributed by atoms with Crippen LogP contribution in [0.15, 0.2) is 77.7 Å². The van der Waals surface area contributed by atoms with Crippen LogP contribution < -0.4 is 20.3 Å². The van der Waals surface area contributed by atoms with Gasteiger partial charge in [0.2, 0.25) is 5.91 Å². The van der Waals surface area contributed by atoms with E-state index in [9.17, 15) is 18.0 Å². The molecule has 3 rings (SSSR count). The summed E-state index contributed by atoms with van der Waals surface area (Å²) < 4.78 is 33.1. The SMILES string of the molecule is CCOc1ccc(CC(=O)NNC(=O)c2cccc(S(=O)(=O)Nc3ccccc3Cl)c2)cc1. The smallest absolute Gasteiger partial charge is 0.269 e. The second-order valence-electron chi connectivity index (χ2n) is 6.87. The van der Waals surface area contributed by atoms with Crippen LogP contribution in [-0.4, -0.2) is 26.8 Å². The van der Waals surface area contributed by atoms with E-state index in [0.29, 0.717) is 12.4 Å². The maximum atomic E-state index is 12.7. The van der Waals surface area contributed by atoms with Gasteiger partial charge in [0, 0.05) is 5.56 Å². The van der Waals surface area contributed by atoms with E-state index in [0.717, 1.165) is 5.56 Å². The summed E-state index contributed by atoms with van der Waals surface area (Å²) in [6.45, 7) is 2.43. The number of halogens is 1. The lowest BCUT2D eigenvalue weighted by Gasteiger charge is -2.11. The largest absolute Gasteiger partial charge is 0.494 e. The Morgan fingerprint density at radius 2 is 1.67 bits per heavy atom. The molecule has 0 aliphatic heterocycles. The number of carbonyl (C=O) groups excluding carboxylic acids is 2. The molecule has 0 bridgehead atoms. The van der Waals surface area contributed by atoms with Crippen LogP contribution in [0.4, 0.5) is 5.69 Å². The molecule has 0 radical (unpaired) electrons. The monoisotopic (exact) mass is 487 g/mol. The van der Waals surface area contributed by atoms with E-state index in [1.165, 1.54) is 30.3 Å². The second-order valence-corrected chi connectivity index (χ2v) is 8.96. The summed E-state index contributed by atoms with van der Waals surface area (Å²) in [5.74, 6) is -0.393. The van der Waals surface area contributed by atoms with Crippen molar-refractivity contribution in [2.75, 3.05) is 11.3 Å². The Labute approximate surface area is 196 Å². The van der Waals surface area contributed by atoms with Crippen LogP contribution in [0.3, 0.4) is 0 Å². The normalized spacial score (nSPS) is 10.8. The topological polar surface area (TPSA) is 114 Å². The first-order valence-electron chi connectivity index (χ1n) is 9.97. The number of hydrogen-bond acceptors (Lipinski definition) is 5. The summed E-state index contributed by atoms with van der Waals surface area (Å²) >= 11 is 6.01. The molecule has 0 aromatic heterocycles. The molecule has 2 amide bonds. The van der Waals surface area contributed by atoms with Crippen molar-refractivity contribution in [3.8, 4) is 5.75 Å². The van der Waals surface area contributed by atoms with Crippen molar-refractivity contribution in [1.82, 2.24) is 10.9 Å². The number of sulfonamides is 1. The predicted octanol–water partition coefficient (Wildman–Crippen LogP) is 3.54. The van der Waals surface area contributed by atoms with E-state index in [2.05, 4.69) is 15.6 Å². The van der Waals surface area contributed by atoms with E-state index < -0.39 is 21.8 Å². The summed E-state index contributed by atoms with van der Waals surface area (Å²) in [7, 11) is -3.98. The Morgan fingerprint density at radius 1 is 0.939 bits per heavy atom. The molecule has 172 valence electrons. The van der Waals surface area contributed by atoms with E-state index in [4.69, 9.17) is 16.3 Å². The van der Waals surface area contributed by atoms with E-state index in [1.807, 2.05) is 6.92 Å². The molecule has 3 N–H and O–H groups in total. The number of hydrogen-bond donors (Lipinski definition) is 3. The van der Waals surface area contributed by atoms with E-state index in [-0.39, 0.29) is 27.6 Å². The van der Waals surface area contributed by atoms with Gasteiger partial charge in [-0.2, -0.15) is 0 Å². The Hall–Kier alpha value is -3.56. The Balaban J connectivity index is 1.61. The van der Waals surface area contributed by atoms with Gasteiger partial charge in [-0.15, -0.1) is 0 Å². The molecular formula is C23H22ClN3O5S. The fraction of sp³-hybridized carbons (Fsp3) is 0.130. The van der Waals surface area contributed by atoms with Crippen LogP contribution in [0.1, 0.15) is 22.8 Å². The third-order valence-corrected chi connectivity index (χ3v) is 6.13. The average Bonchev–Trinajstić information content (AvgIpc) is 2.80. The molecule has 0 aliphatic rings. The van der Waals surface area contributed by atoms with Gasteiger partial charge in [0.25, 0.3) is 15.9 Å². The van der Waals surface area contributed by atoms with Gasteiger partial charge in [0.15, 0.2) is 0 Å². The van der Waals surface area contributed by atoms with Crippen molar-refractivity contribution < 1.29 is 22.7 Å². The molecule has 0 fully saturated rings. The van der Waals surface area contributed by atoms with Crippen molar-refractivity contribution in [1.29, 1.82) is 0 Å². The van der Waals surface area contributed by atoms with Crippen molar-refractivity contribution in [2.24, 2.45) is 0 Å². The van der Waals surface area contributed by atoms with Crippen LogP contribution in [0.2, 0.25) is 5.02 Å². The van der Waals surface area contributed by atoms with Crippen LogP contribution in [0, 0.1) is 0 Å². The summed E-state index contributed by atoms with van der Waals surface area (Å²) in [5.41, 5.74) is 5.62. The third-order valence-electron chi connectivity index (χ3n) is 4.44. The highest BCUT2D eigenvalue weighted by Gasteiger charge is 2.18. The average molecular weight is 488 g/mol. The van der Waals surface area contributed by atoms with Gasteiger partial charge < -0.3 is 4.74 Å². The van der Waals surface area contributed by atoms with Gasteiger partial charge in [-0.05, 0) is 55.0 Å². The molecule has 8 nitrogen and oxygen atoms in total. The maximum absolute atomic E-state index is 12.7. The molecule has 0 saturated heterocycles. The van der Waals surface area contributed by atoms with Crippen molar-refractivity contribution in [2.45, 2.75) is 18.2 Å². The Bertz CT molecular complexity index is 1250. The summed E-state index contributed by atoms with van der Waals surface area (Å²) in [4.78, 5) is 24.4. The highest BCUT2D eigenvalue weighted by molar-refractivity contribution is 7.92. The van der Waals surface area contributed by atoms with Crippen LogP contribution in [0.25, 0.3) is 0 Å². The second kappa shape index (κ2) is 10.8. The molecule has 10 heteroatoms. The maximum Gasteiger partial charge on any atom is 0.269 e. The van der Waals surface area contributed by atoms with Crippen LogP contribution >= 0.6 is 11.6 Å². The highest BCUT2D eigenvalue weighted by Crippen LogP contribution is 2.24. The van der Waals surface area contributed by atoms with Gasteiger partial charge in [-0.25, -0.2) is 8.42 Å². The minimum Gasteiger partial charge on any atom is -0.494 e. The van der Waals surface area contributed by atoms with Gasteiger partial charge >= 0.3 is 0 Å². The first-order valence-corrected chi connectivity index (χ1v) is 11.8. The summed E-state index contributed by atoms with van der Waals surface area (Å²) in [5, 5.41) is 0.241. The lowest BCUT2D eigenvalue weighted by atomic mass is 10.1. The number of para-hydroxylation sites is 1. The summed E-state index contributed by atoms with van der Waals surface area (Å²) in [6, 6.07) is 18.8. The van der Waals surface area contributed by atoms with Gasteiger partial charge in [0.1, 0.15) is 5.75 Å². The minimum atomic E-state index is -3.98. The number of nitrogens with one attached hydrogen (secondary N) is 3. The van der Waals surface area contributed by atoms with Crippen molar-refractivity contribution >= 4 is 39.1 Å². The van der Waals surface area contributed by atoms with Crippen LogP contribution in [0.5, 0.6) is 5.75 Å². The molecule has 3 aromatic rings. The zero-order chi connectivity index (χ0) is 23.8. The minimum absolute atomic E-state index is 0.0445. The molecule has 0 aliphatic carbocycles. The number of amides is 2. The molecule has 0 atom stereocenters. The number of benzene rings is 3. The highest BCUT2D eigenvalue weighted by atomic mass is 35.5. The number of rotatable bonds is 8. The lowest BCUT2D eigenvalue weighted by Crippen LogP contribution is -2.42. The zero-order valence-corrected chi connectivity index (χ0v) is 19.2. The van der Waals surface area contributed by atoms with Gasteiger partial charge in [-0.3, -0.25) is 25.2 Å². The van der Waals surface area contributed by atoms with Gasteiger partial charge in [-0.1, -0.05) is 41.9 Å². The fourth-order valence-electron chi connectivity index (χ4n) is 2.85. The number of carbonyl (C=O) groups is 2. The van der Waals surface area contributed by atoms with Crippen LogP contribution in [-0.2, 0) is 21.2 Å². The quantitative estimate of drug-likeness (QED) is 0.420. The zero-order valence-electron chi connectivity index (χ0n) is 17.7. The van der Waals surface area contributed by atoms with E-state index in [1.54, 1.807) is 42.5 Å². The molecule has 0 saturated carbocycles. The molecule has 0 spiro atoms. The Kier molecular flexibility index (Phi) is 7.92. The number of hydrazine groups is 1. The number of ether oxygens (including phenoxy) is 1. The van der Waals surface area contributed by atoms with Gasteiger partial charge in [0.05, 0.1) is 28.6 Å². The third kappa shape index (κ3) is 6.71. The molecule has 33 heavy (non-hydrogen) atoms. The number of anilines is 1.